The minimum absolute atomic E-state index is 0.0780. The maximum Gasteiger partial charge on any atom is 0.255 e. The van der Waals surface area contributed by atoms with Crippen molar-refractivity contribution in [1.82, 2.24) is 5.32 Å². The predicted octanol–water partition coefficient (Wildman–Crippen LogP) is 3.59. The molecule has 0 amide bonds. The zero-order valence-electron chi connectivity index (χ0n) is 11.6. The molecule has 5 heteroatoms. The van der Waals surface area contributed by atoms with Crippen LogP contribution in [0.1, 0.15) is 31.9 Å². The minimum atomic E-state index is -2.49. The number of hydrogen-bond donors (Lipinski definition) is 1. The zero-order valence-corrected chi connectivity index (χ0v) is 11.6. The fourth-order valence-corrected chi connectivity index (χ4v) is 2.05. The van der Waals surface area contributed by atoms with Gasteiger partial charge in [-0.2, -0.15) is 0 Å². The van der Waals surface area contributed by atoms with Crippen LogP contribution >= 0.6 is 0 Å². The van der Waals surface area contributed by atoms with Crippen molar-refractivity contribution in [2.75, 3.05) is 25.0 Å². The summed E-state index contributed by atoms with van der Waals surface area (Å²) in [6.45, 7) is 4.27. The molecule has 1 rings (SSSR count). The summed E-state index contributed by atoms with van der Waals surface area (Å²) in [6, 6.07) is 4.60. The summed E-state index contributed by atoms with van der Waals surface area (Å²) < 4.78 is 38.8. The van der Waals surface area contributed by atoms with Gasteiger partial charge in [0.25, 0.3) is 6.43 Å². The molecule has 0 saturated heterocycles. The van der Waals surface area contributed by atoms with Gasteiger partial charge in [0.1, 0.15) is 5.82 Å². The van der Waals surface area contributed by atoms with E-state index in [0.29, 0.717) is 5.56 Å². The first-order valence-corrected chi connectivity index (χ1v) is 6.48. The first-order chi connectivity index (χ1) is 8.97. The third-order valence-electron chi connectivity index (χ3n) is 2.98. The third-order valence-corrected chi connectivity index (χ3v) is 2.98. The molecule has 19 heavy (non-hydrogen) atoms. The molecule has 2 nitrogen and oxygen atoms in total. The molecule has 1 unspecified atom stereocenters. The number of rotatable bonds is 7. The molecule has 0 heterocycles. The molecule has 0 aliphatic rings. The van der Waals surface area contributed by atoms with Crippen LogP contribution in [0.2, 0.25) is 0 Å². The Morgan fingerprint density at radius 1 is 1.32 bits per heavy atom. The fourth-order valence-electron chi connectivity index (χ4n) is 2.05. The SMILES string of the molecule is CCCNC(C)c1cccc(F)c1N(C)CC(F)F. The summed E-state index contributed by atoms with van der Waals surface area (Å²) in [5, 5.41) is 3.24. The average Bonchev–Trinajstić information content (AvgIpc) is 2.34. The van der Waals surface area contributed by atoms with Crippen LogP contribution < -0.4 is 10.2 Å². The van der Waals surface area contributed by atoms with Gasteiger partial charge in [-0.05, 0) is 31.5 Å². The maximum absolute atomic E-state index is 13.9. The molecule has 0 aromatic heterocycles. The van der Waals surface area contributed by atoms with Gasteiger partial charge in [0.2, 0.25) is 0 Å². The molecular weight excluding hydrogens is 253 g/mol. The molecular formula is C14H21F3N2. The monoisotopic (exact) mass is 274 g/mol. The topological polar surface area (TPSA) is 15.3 Å². The molecule has 0 aliphatic heterocycles. The molecule has 1 atom stereocenters. The van der Waals surface area contributed by atoms with E-state index in [0.717, 1.165) is 13.0 Å². The van der Waals surface area contributed by atoms with Crippen LogP contribution in [0.5, 0.6) is 0 Å². The lowest BCUT2D eigenvalue weighted by Crippen LogP contribution is -2.28. The second kappa shape index (κ2) is 7.38. The van der Waals surface area contributed by atoms with E-state index in [9.17, 15) is 13.2 Å². The Labute approximate surface area is 112 Å². The number of hydrogen-bond acceptors (Lipinski definition) is 2. The van der Waals surface area contributed by atoms with Gasteiger partial charge in [-0.25, -0.2) is 13.2 Å². The van der Waals surface area contributed by atoms with Gasteiger partial charge in [-0.15, -0.1) is 0 Å². The van der Waals surface area contributed by atoms with Gasteiger partial charge in [0.05, 0.1) is 12.2 Å². The van der Waals surface area contributed by atoms with Gasteiger partial charge < -0.3 is 10.2 Å². The van der Waals surface area contributed by atoms with Crippen molar-refractivity contribution in [2.24, 2.45) is 0 Å². The van der Waals surface area contributed by atoms with Crippen LogP contribution in [0.4, 0.5) is 18.9 Å². The van der Waals surface area contributed by atoms with Gasteiger partial charge in [-0.3, -0.25) is 0 Å². The highest BCUT2D eigenvalue weighted by Gasteiger charge is 2.19. The zero-order chi connectivity index (χ0) is 14.4. The van der Waals surface area contributed by atoms with Crippen molar-refractivity contribution in [1.29, 1.82) is 0 Å². The number of benzene rings is 1. The molecule has 0 bridgehead atoms. The van der Waals surface area contributed by atoms with Crippen LogP contribution in [-0.4, -0.2) is 26.6 Å². The van der Waals surface area contributed by atoms with Crippen molar-refractivity contribution in [2.45, 2.75) is 32.7 Å². The standard InChI is InChI=1S/C14H21F3N2/c1-4-8-18-10(2)11-6-5-7-12(15)14(11)19(3)9-13(16)17/h5-7,10,13,18H,4,8-9H2,1-3H3. The number of para-hydroxylation sites is 1. The molecule has 108 valence electrons. The van der Waals surface area contributed by atoms with E-state index >= 15 is 0 Å². The summed E-state index contributed by atoms with van der Waals surface area (Å²) in [6.07, 6.45) is -1.53. The summed E-state index contributed by atoms with van der Waals surface area (Å²) in [7, 11) is 1.49. The lowest BCUT2D eigenvalue weighted by Gasteiger charge is -2.25. The highest BCUT2D eigenvalue weighted by atomic mass is 19.3. The van der Waals surface area contributed by atoms with Crippen LogP contribution in [0.25, 0.3) is 0 Å². The van der Waals surface area contributed by atoms with Crippen molar-refractivity contribution in [3.05, 3.63) is 29.6 Å². The Morgan fingerprint density at radius 2 is 2.00 bits per heavy atom. The summed E-state index contributed by atoms with van der Waals surface area (Å²) >= 11 is 0. The highest BCUT2D eigenvalue weighted by molar-refractivity contribution is 5.55. The molecule has 0 saturated carbocycles. The molecule has 1 aromatic carbocycles. The Morgan fingerprint density at radius 3 is 2.58 bits per heavy atom. The second-order valence-electron chi connectivity index (χ2n) is 4.63. The van der Waals surface area contributed by atoms with E-state index in [4.69, 9.17) is 0 Å². The van der Waals surface area contributed by atoms with E-state index in [1.54, 1.807) is 12.1 Å². The molecule has 0 aliphatic carbocycles. The lowest BCUT2D eigenvalue weighted by molar-refractivity contribution is 0.156. The van der Waals surface area contributed by atoms with Crippen molar-refractivity contribution in [3.63, 3.8) is 0 Å². The van der Waals surface area contributed by atoms with Gasteiger partial charge in [0.15, 0.2) is 0 Å². The smallest absolute Gasteiger partial charge is 0.255 e. The van der Waals surface area contributed by atoms with E-state index in [1.807, 2.05) is 13.8 Å². The summed E-state index contributed by atoms with van der Waals surface area (Å²) in [5.41, 5.74) is 0.954. The maximum atomic E-state index is 13.9. The number of halogens is 3. The van der Waals surface area contributed by atoms with Crippen LogP contribution in [-0.2, 0) is 0 Å². The van der Waals surface area contributed by atoms with Gasteiger partial charge in [0, 0.05) is 13.1 Å². The van der Waals surface area contributed by atoms with E-state index in [-0.39, 0.29) is 11.7 Å². The van der Waals surface area contributed by atoms with Gasteiger partial charge in [-0.1, -0.05) is 19.1 Å². The van der Waals surface area contributed by atoms with Crippen LogP contribution in [0.3, 0.4) is 0 Å². The van der Waals surface area contributed by atoms with Crippen molar-refractivity contribution in [3.8, 4) is 0 Å². The molecule has 1 aromatic rings. The van der Waals surface area contributed by atoms with Crippen LogP contribution in [0.15, 0.2) is 18.2 Å². The molecule has 0 fully saturated rings. The third kappa shape index (κ3) is 4.42. The summed E-state index contributed by atoms with van der Waals surface area (Å²) in [5.74, 6) is -0.467. The van der Waals surface area contributed by atoms with E-state index in [1.165, 1.54) is 18.0 Å². The Balaban J connectivity index is 3.00. The van der Waals surface area contributed by atoms with E-state index < -0.39 is 18.8 Å². The Bertz CT molecular complexity index is 396. The Hall–Kier alpha value is -1.23. The van der Waals surface area contributed by atoms with E-state index in [2.05, 4.69) is 5.32 Å². The first-order valence-electron chi connectivity index (χ1n) is 6.48. The first kappa shape index (κ1) is 15.8. The lowest BCUT2D eigenvalue weighted by atomic mass is 10.0. The quantitative estimate of drug-likeness (QED) is 0.817. The summed E-state index contributed by atoms with van der Waals surface area (Å²) in [4.78, 5) is 1.28. The van der Waals surface area contributed by atoms with Crippen molar-refractivity contribution >= 4 is 5.69 Å². The van der Waals surface area contributed by atoms with Crippen LogP contribution in [0, 0.1) is 5.82 Å². The fraction of sp³-hybridized carbons (Fsp3) is 0.571. The molecule has 0 radical (unpaired) electrons. The van der Waals surface area contributed by atoms with Gasteiger partial charge >= 0.3 is 0 Å². The largest absolute Gasteiger partial charge is 0.366 e. The highest BCUT2D eigenvalue weighted by Crippen LogP contribution is 2.29. The number of anilines is 1. The second-order valence-corrected chi connectivity index (χ2v) is 4.63. The number of nitrogens with one attached hydrogen (secondary N) is 1. The molecule has 1 N–H and O–H groups in total. The number of nitrogens with zero attached hydrogens (tertiary/aromatic N) is 1. The number of alkyl halides is 2. The van der Waals surface area contributed by atoms with Crippen molar-refractivity contribution < 1.29 is 13.2 Å². The predicted molar refractivity (Wildman–Crippen MR) is 72.4 cm³/mol. The molecule has 0 spiro atoms. The Kier molecular flexibility index (Phi) is 6.15. The normalized spacial score (nSPS) is 12.8. The minimum Gasteiger partial charge on any atom is -0.366 e. The average molecular weight is 274 g/mol.